The Labute approximate surface area is 152 Å². The maximum Gasteiger partial charge on any atom is 0.309 e. The number of rotatable bonds is 9. The second-order valence-corrected chi connectivity index (χ2v) is 8.06. The highest BCUT2D eigenvalue weighted by Crippen LogP contribution is 2.17. The van der Waals surface area contributed by atoms with Crippen LogP contribution >= 0.6 is 0 Å². The van der Waals surface area contributed by atoms with Crippen molar-refractivity contribution in [3.05, 3.63) is 24.3 Å². The fraction of sp³-hybridized carbons (Fsp3) is 0.529. The summed E-state index contributed by atoms with van der Waals surface area (Å²) in [4.78, 5) is 23.3. The fourth-order valence-electron chi connectivity index (χ4n) is 2.45. The number of esters is 1. The molecule has 1 unspecified atom stereocenters. The Morgan fingerprint density at radius 2 is 1.81 bits per heavy atom. The minimum absolute atomic E-state index is 0.00169. The van der Waals surface area contributed by atoms with Crippen molar-refractivity contribution in [1.82, 2.24) is 5.32 Å². The van der Waals surface area contributed by atoms with E-state index in [0.717, 1.165) is 5.75 Å². The van der Waals surface area contributed by atoms with Crippen molar-refractivity contribution in [2.45, 2.75) is 25.8 Å². The highest BCUT2D eigenvalue weighted by Gasteiger charge is 2.28. The molecule has 0 aromatic heterocycles. The van der Waals surface area contributed by atoms with E-state index < -0.39 is 34.4 Å². The first-order valence-corrected chi connectivity index (χ1v) is 10.2. The van der Waals surface area contributed by atoms with Crippen molar-refractivity contribution >= 4 is 21.7 Å². The lowest BCUT2D eigenvalue weighted by Gasteiger charge is -2.11. The monoisotopic (exact) mass is 385 g/mol. The minimum Gasteiger partial charge on any atom is -0.494 e. The summed E-state index contributed by atoms with van der Waals surface area (Å²) >= 11 is 0. The summed E-state index contributed by atoms with van der Waals surface area (Å²) in [5.74, 6) is 0.267. The molecule has 1 aliphatic heterocycles. The summed E-state index contributed by atoms with van der Waals surface area (Å²) in [5.41, 5.74) is 0. The molecule has 1 aromatic rings. The lowest BCUT2D eigenvalue weighted by molar-refractivity contribution is -0.149. The van der Waals surface area contributed by atoms with E-state index in [9.17, 15) is 18.0 Å². The first-order chi connectivity index (χ1) is 12.4. The van der Waals surface area contributed by atoms with Crippen molar-refractivity contribution in [3.63, 3.8) is 0 Å². The van der Waals surface area contributed by atoms with Crippen LogP contribution in [0.25, 0.3) is 0 Å². The van der Waals surface area contributed by atoms with Crippen LogP contribution in [0.5, 0.6) is 11.5 Å². The third-order valence-electron chi connectivity index (χ3n) is 3.67. The predicted octanol–water partition coefficient (Wildman–Crippen LogP) is 0.701. The highest BCUT2D eigenvalue weighted by molar-refractivity contribution is 7.91. The number of hydrogen-bond donors (Lipinski definition) is 1. The van der Waals surface area contributed by atoms with Gasteiger partial charge in [-0.3, -0.25) is 9.59 Å². The lowest BCUT2D eigenvalue weighted by atomic mass is 10.2. The van der Waals surface area contributed by atoms with Crippen LogP contribution in [-0.4, -0.2) is 57.7 Å². The van der Waals surface area contributed by atoms with Crippen LogP contribution in [0, 0.1) is 0 Å². The number of carbonyl (C=O) groups is 2. The Morgan fingerprint density at radius 1 is 1.15 bits per heavy atom. The first-order valence-electron chi connectivity index (χ1n) is 8.39. The first kappa shape index (κ1) is 20.0. The second-order valence-electron chi connectivity index (χ2n) is 5.83. The van der Waals surface area contributed by atoms with Crippen LogP contribution in [0.4, 0.5) is 0 Å². The predicted molar refractivity (Wildman–Crippen MR) is 93.9 cm³/mol. The van der Waals surface area contributed by atoms with Gasteiger partial charge in [-0.05, 0) is 37.6 Å². The van der Waals surface area contributed by atoms with Gasteiger partial charge in [-0.15, -0.1) is 0 Å². The van der Waals surface area contributed by atoms with Crippen LogP contribution in [0.1, 0.15) is 19.8 Å². The molecule has 9 heteroatoms. The molecule has 8 nitrogen and oxygen atoms in total. The molecule has 0 saturated carbocycles. The average Bonchev–Trinajstić information content (AvgIpc) is 2.93. The molecule has 1 aromatic carbocycles. The molecule has 1 saturated heterocycles. The molecule has 0 radical (unpaired) electrons. The van der Waals surface area contributed by atoms with Crippen LogP contribution in [-0.2, 0) is 24.2 Å². The van der Waals surface area contributed by atoms with Gasteiger partial charge >= 0.3 is 5.97 Å². The zero-order valence-electron chi connectivity index (χ0n) is 14.6. The summed E-state index contributed by atoms with van der Waals surface area (Å²) < 4.78 is 38.2. The second kappa shape index (κ2) is 9.42. The summed E-state index contributed by atoms with van der Waals surface area (Å²) in [5, 5.41) is 2.55. The van der Waals surface area contributed by atoms with E-state index in [1.165, 1.54) is 0 Å². The number of sulfone groups is 1. The smallest absolute Gasteiger partial charge is 0.309 e. The van der Waals surface area contributed by atoms with Gasteiger partial charge in [0.1, 0.15) is 11.5 Å². The topological polar surface area (TPSA) is 108 Å². The molecule has 144 valence electrons. The third-order valence-corrected chi connectivity index (χ3v) is 5.44. The molecule has 1 amide bonds. The molecule has 0 bridgehead atoms. The molecule has 0 spiro atoms. The van der Waals surface area contributed by atoms with Gasteiger partial charge < -0.3 is 19.5 Å². The number of nitrogens with one attached hydrogen (secondary N) is 1. The van der Waals surface area contributed by atoms with Crippen molar-refractivity contribution in [2.24, 2.45) is 0 Å². The summed E-state index contributed by atoms with van der Waals surface area (Å²) in [6.07, 6.45) is 0.385. The van der Waals surface area contributed by atoms with Crippen LogP contribution in [0.15, 0.2) is 24.3 Å². The molecular weight excluding hydrogens is 362 g/mol. The molecule has 1 N–H and O–H groups in total. The Balaban J connectivity index is 1.60. The third kappa shape index (κ3) is 6.91. The number of hydrogen-bond acceptors (Lipinski definition) is 7. The van der Waals surface area contributed by atoms with Gasteiger partial charge in [-0.1, -0.05) is 0 Å². The van der Waals surface area contributed by atoms with Crippen molar-refractivity contribution < 1.29 is 32.2 Å². The molecular formula is C17H23NO7S. The Bertz CT molecular complexity index is 715. The van der Waals surface area contributed by atoms with Gasteiger partial charge in [0.05, 0.1) is 31.1 Å². The van der Waals surface area contributed by atoms with E-state index in [1.54, 1.807) is 24.3 Å². The van der Waals surface area contributed by atoms with Gasteiger partial charge in [0.2, 0.25) is 0 Å². The standard InChI is InChI=1S/C17H23NO7S/c1-2-23-14-3-5-15(6-4-14)24-9-7-17(20)25-11-16(19)18-13-8-10-26(21,22)12-13/h3-6,13H,2,7-12H2,1H3,(H,18,19). The average molecular weight is 385 g/mol. The van der Waals surface area contributed by atoms with Crippen LogP contribution in [0.2, 0.25) is 0 Å². The molecule has 1 atom stereocenters. The van der Waals surface area contributed by atoms with E-state index in [0.29, 0.717) is 18.8 Å². The van der Waals surface area contributed by atoms with E-state index in [4.69, 9.17) is 14.2 Å². The Hall–Kier alpha value is -2.29. The SMILES string of the molecule is CCOc1ccc(OCCC(=O)OCC(=O)NC2CCS(=O)(=O)C2)cc1. The fourth-order valence-corrected chi connectivity index (χ4v) is 4.12. The summed E-state index contributed by atoms with van der Waals surface area (Å²) in [6.45, 7) is 2.16. The number of ether oxygens (including phenoxy) is 3. The normalized spacial score (nSPS) is 18.1. The Morgan fingerprint density at radius 3 is 2.38 bits per heavy atom. The summed E-state index contributed by atoms with van der Waals surface area (Å²) in [7, 11) is -3.06. The molecule has 0 aliphatic carbocycles. The van der Waals surface area contributed by atoms with Crippen LogP contribution < -0.4 is 14.8 Å². The van der Waals surface area contributed by atoms with Crippen molar-refractivity contribution in [2.75, 3.05) is 31.3 Å². The molecule has 26 heavy (non-hydrogen) atoms. The molecule has 1 fully saturated rings. The maximum absolute atomic E-state index is 11.7. The van der Waals surface area contributed by atoms with Crippen LogP contribution in [0.3, 0.4) is 0 Å². The zero-order chi connectivity index (χ0) is 19.0. The van der Waals surface area contributed by atoms with Gasteiger partial charge in [0.15, 0.2) is 16.4 Å². The number of amides is 1. The van der Waals surface area contributed by atoms with E-state index in [2.05, 4.69) is 5.32 Å². The van der Waals surface area contributed by atoms with Gasteiger partial charge in [0.25, 0.3) is 5.91 Å². The van der Waals surface area contributed by atoms with Gasteiger partial charge in [0, 0.05) is 6.04 Å². The maximum atomic E-state index is 11.7. The Kier molecular flexibility index (Phi) is 7.26. The zero-order valence-corrected chi connectivity index (χ0v) is 15.4. The quantitative estimate of drug-likeness (QED) is 0.623. The van der Waals surface area contributed by atoms with E-state index >= 15 is 0 Å². The lowest BCUT2D eigenvalue weighted by Crippen LogP contribution is -2.38. The highest BCUT2D eigenvalue weighted by atomic mass is 32.2. The van der Waals surface area contributed by atoms with Gasteiger partial charge in [-0.2, -0.15) is 0 Å². The molecule has 1 aliphatic rings. The molecule has 2 rings (SSSR count). The summed E-state index contributed by atoms with van der Waals surface area (Å²) in [6, 6.07) is 6.60. The van der Waals surface area contributed by atoms with E-state index in [-0.39, 0.29) is 24.5 Å². The molecule has 1 heterocycles. The largest absolute Gasteiger partial charge is 0.494 e. The van der Waals surface area contributed by atoms with Crippen molar-refractivity contribution in [3.8, 4) is 11.5 Å². The van der Waals surface area contributed by atoms with E-state index in [1.807, 2.05) is 6.92 Å². The number of carbonyl (C=O) groups excluding carboxylic acids is 2. The minimum atomic E-state index is -3.06. The van der Waals surface area contributed by atoms with Crippen molar-refractivity contribution in [1.29, 1.82) is 0 Å². The van der Waals surface area contributed by atoms with Gasteiger partial charge in [-0.25, -0.2) is 8.42 Å². The number of benzene rings is 1.